The first-order valence-corrected chi connectivity index (χ1v) is 9.24. The fourth-order valence-corrected chi connectivity index (χ4v) is 3.46. The van der Waals surface area contributed by atoms with E-state index in [0.717, 1.165) is 5.56 Å². The standard InChI is InChI=1S/C16H15Cl2NO4S/c1-11-9-13(18)5-6-15(11)23-16(20)7-8-19-24(21,22)14-4-2-3-12(17)10-14/h2-6,9-10,19H,7-8H2,1H3. The third-order valence-corrected chi connectivity index (χ3v) is 5.02. The molecule has 0 bridgehead atoms. The van der Waals surface area contributed by atoms with Gasteiger partial charge >= 0.3 is 5.97 Å². The lowest BCUT2D eigenvalue weighted by atomic mass is 10.2. The topological polar surface area (TPSA) is 72.5 Å². The van der Waals surface area contributed by atoms with Gasteiger partial charge in [0.2, 0.25) is 10.0 Å². The van der Waals surface area contributed by atoms with Crippen LogP contribution in [-0.2, 0) is 14.8 Å². The zero-order chi connectivity index (χ0) is 17.7. The average molecular weight is 388 g/mol. The van der Waals surface area contributed by atoms with Gasteiger partial charge in [-0.25, -0.2) is 13.1 Å². The molecule has 0 atom stereocenters. The third kappa shape index (κ3) is 5.21. The Morgan fingerprint density at radius 3 is 2.50 bits per heavy atom. The average Bonchev–Trinajstić information content (AvgIpc) is 2.50. The van der Waals surface area contributed by atoms with Crippen LogP contribution in [0.4, 0.5) is 0 Å². The van der Waals surface area contributed by atoms with Crippen LogP contribution in [0.25, 0.3) is 0 Å². The number of sulfonamides is 1. The molecule has 2 aromatic carbocycles. The number of halogens is 2. The molecule has 0 amide bonds. The zero-order valence-electron chi connectivity index (χ0n) is 12.8. The van der Waals surface area contributed by atoms with Crippen molar-refractivity contribution in [3.8, 4) is 5.75 Å². The Bertz CT molecular complexity index is 853. The van der Waals surface area contributed by atoms with E-state index in [4.69, 9.17) is 27.9 Å². The Morgan fingerprint density at radius 1 is 1.12 bits per heavy atom. The molecule has 0 saturated heterocycles. The van der Waals surface area contributed by atoms with Gasteiger partial charge in [0.25, 0.3) is 0 Å². The highest BCUT2D eigenvalue weighted by Crippen LogP contribution is 2.22. The molecule has 0 aliphatic heterocycles. The van der Waals surface area contributed by atoms with Gasteiger partial charge in [-0.2, -0.15) is 0 Å². The highest BCUT2D eigenvalue weighted by atomic mass is 35.5. The predicted molar refractivity (Wildman–Crippen MR) is 93.1 cm³/mol. The number of carbonyl (C=O) groups excluding carboxylic acids is 1. The molecule has 0 aromatic heterocycles. The van der Waals surface area contributed by atoms with E-state index in [9.17, 15) is 13.2 Å². The molecular weight excluding hydrogens is 373 g/mol. The zero-order valence-corrected chi connectivity index (χ0v) is 15.1. The van der Waals surface area contributed by atoms with E-state index in [0.29, 0.717) is 15.8 Å². The van der Waals surface area contributed by atoms with Gasteiger partial charge in [0.15, 0.2) is 0 Å². The van der Waals surface area contributed by atoms with Crippen LogP contribution in [0, 0.1) is 6.92 Å². The number of esters is 1. The molecule has 0 saturated carbocycles. The lowest BCUT2D eigenvalue weighted by Crippen LogP contribution is -2.27. The lowest BCUT2D eigenvalue weighted by Gasteiger charge is -2.09. The maximum atomic E-state index is 12.1. The van der Waals surface area contributed by atoms with E-state index in [1.807, 2.05) is 0 Å². The van der Waals surface area contributed by atoms with Crippen LogP contribution in [0.2, 0.25) is 10.0 Å². The maximum Gasteiger partial charge on any atom is 0.312 e. The largest absolute Gasteiger partial charge is 0.426 e. The van der Waals surface area contributed by atoms with Crippen LogP contribution in [0.15, 0.2) is 47.4 Å². The summed E-state index contributed by atoms with van der Waals surface area (Å²) < 4.78 is 31.7. The van der Waals surface area contributed by atoms with E-state index in [1.54, 1.807) is 31.2 Å². The first-order valence-electron chi connectivity index (χ1n) is 7.00. The van der Waals surface area contributed by atoms with Crippen molar-refractivity contribution in [1.82, 2.24) is 4.72 Å². The summed E-state index contributed by atoms with van der Waals surface area (Å²) >= 11 is 11.6. The van der Waals surface area contributed by atoms with Gasteiger partial charge in [0, 0.05) is 16.6 Å². The van der Waals surface area contributed by atoms with Crippen LogP contribution in [0.5, 0.6) is 5.75 Å². The van der Waals surface area contributed by atoms with Gasteiger partial charge in [-0.15, -0.1) is 0 Å². The van der Waals surface area contributed by atoms with Crippen molar-refractivity contribution in [2.75, 3.05) is 6.54 Å². The van der Waals surface area contributed by atoms with Crippen molar-refractivity contribution >= 4 is 39.2 Å². The normalized spacial score (nSPS) is 11.3. The minimum absolute atomic E-state index is 0.0388. The first kappa shape index (κ1) is 18.7. The molecule has 5 nitrogen and oxygen atoms in total. The summed E-state index contributed by atoms with van der Waals surface area (Å²) in [6.45, 7) is 1.68. The Labute approximate surface area is 150 Å². The molecule has 0 spiro atoms. The number of aryl methyl sites for hydroxylation is 1. The molecule has 2 rings (SSSR count). The maximum absolute atomic E-state index is 12.1. The molecule has 2 aromatic rings. The Hall–Kier alpha value is -1.60. The number of benzene rings is 2. The van der Waals surface area contributed by atoms with Crippen LogP contribution >= 0.6 is 23.2 Å². The Kier molecular flexibility index (Phi) is 6.23. The minimum atomic E-state index is -3.72. The summed E-state index contributed by atoms with van der Waals surface area (Å²) in [5, 5.41) is 0.858. The second-order valence-electron chi connectivity index (χ2n) is 4.99. The van der Waals surface area contributed by atoms with Crippen molar-refractivity contribution in [3.05, 3.63) is 58.1 Å². The fourth-order valence-electron chi connectivity index (χ4n) is 1.91. The van der Waals surface area contributed by atoms with Crippen molar-refractivity contribution in [3.63, 3.8) is 0 Å². The second-order valence-corrected chi connectivity index (χ2v) is 7.63. The third-order valence-electron chi connectivity index (χ3n) is 3.09. The number of hydrogen-bond acceptors (Lipinski definition) is 4. The summed E-state index contributed by atoms with van der Waals surface area (Å²) in [4.78, 5) is 11.9. The number of carbonyl (C=O) groups is 1. The van der Waals surface area contributed by atoms with E-state index < -0.39 is 16.0 Å². The smallest absolute Gasteiger partial charge is 0.312 e. The molecule has 0 heterocycles. The molecule has 128 valence electrons. The summed E-state index contributed by atoms with van der Waals surface area (Å²) in [5.74, 6) is -0.156. The molecule has 8 heteroatoms. The van der Waals surface area contributed by atoms with Crippen molar-refractivity contribution in [1.29, 1.82) is 0 Å². The van der Waals surface area contributed by atoms with E-state index in [-0.39, 0.29) is 17.9 Å². The SMILES string of the molecule is Cc1cc(Cl)ccc1OC(=O)CCNS(=O)(=O)c1cccc(Cl)c1. The summed E-state index contributed by atoms with van der Waals surface area (Å²) in [5.41, 5.74) is 0.718. The van der Waals surface area contributed by atoms with Crippen LogP contribution in [0.3, 0.4) is 0 Å². The first-order chi connectivity index (χ1) is 11.3. The minimum Gasteiger partial charge on any atom is -0.426 e. The molecule has 0 unspecified atom stereocenters. The van der Waals surface area contributed by atoms with Crippen LogP contribution in [-0.4, -0.2) is 20.9 Å². The number of rotatable bonds is 6. The molecular formula is C16H15Cl2NO4S. The van der Waals surface area contributed by atoms with Gasteiger partial charge in [-0.1, -0.05) is 29.3 Å². The molecule has 1 N–H and O–H groups in total. The van der Waals surface area contributed by atoms with Gasteiger partial charge in [-0.3, -0.25) is 4.79 Å². The second kappa shape index (κ2) is 7.98. The van der Waals surface area contributed by atoms with E-state index in [1.165, 1.54) is 18.2 Å². The molecule has 0 fully saturated rings. The highest BCUT2D eigenvalue weighted by molar-refractivity contribution is 7.89. The summed E-state index contributed by atoms with van der Waals surface area (Å²) in [6, 6.07) is 10.7. The van der Waals surface area contributed by atoms with E-state index in [2.05, 4.69) is 4.72 Å². The van der Waals surface area contributed by atoms with Crippen molar-refractivity contribution < 1.29 is 17.9 Å². The summed E-state index contributed by atoms with van der Waals surface area (Å²) in [7, 11) is -3.72. The summed E-state index contributed by atoms with van der Waals surface area (Å²) in [6.07, 6.45) is -0.109. The van der Waals surface area contributed by atoms with Gasteiger partial charge in [-0.05, 0) is 48.9 Å². The molecule has 0 aliphatic carbocycles. The van der Waals surface area contributed by atoms with Gasteiger partial charge in [0.1, 0.15) is 5.75 Å². The van der Waals surface area contributed by atoms with Crippen molar-refractivity contribution in [2.24, 2.45) is 0 Å². The van der Waals surface area contributed by atoms with E-state index >= 15 is 0 Å². The number of hydrogen-bond donors (Lipinski definition) is 1. The Balaban J connectivity index is 1.90. The molecule has 0 aliphatic rings. The van der Waals surface area contributed by atoms with Gasteiger partial charge in [0.05, 0.1) is 11.3 Å². The Morgan fingerprint density at radius 2 is 1.83 bits per heavy atom. The number of ether oxygens (including phenoxy) is 1. The quantitative estimate of drug-likeness (QED) is 0.607. The molecule has 0 radical (unpaired) electrons. The monoisotopic (exact) mass is 387 g/mol. The van der Waals surface area contributed by atoms with Crippen molar-refractivity contribution in [2.45, 2.75) is 18.2 Å². The fraction of sp³-hybridized carbons (Fsp3) is 0.188. The lowest BCUT2D eigenvalue weighted by molar-refractivity contribution is -0.134. The molecule has 24 heavy (non-hydrogen) atoms. The van der Waals surface area contributed by atoms with Gasteiger partial charge < -0.3 is 4.74 Å². The van der Waals surface area contributed by atoms with Crippen LogP contribution in [0.1, 0.15) is 12.0 Å². The number of nitrogens with one attached hydrogen (secondary N) is 1. The predicted octanol–water partition coefficient (Wildman–Crippen LogP) is 3.58. The van der Waals surface area contributed by atoms with Crippen LogP contribution < -0.4 is 9.46 Å². The highest BCUT2D eigenvalue weighted by Gasteiger charge is 2.15.